The molecule has 1 saturated carbocycles. The smallest absolute Gasteiger partial charge is 0.126 e. The minimum atomic E-state index is -0.726. The molecule has 136 valence electrons. The van der Waals surface area contributed by atoms with Crippen LogP contribution in [-0.4, -0.2) is 35.2 Å². The average Bonchev–Trinajstić information content (AvgIpc) is 2.57. The second-order valence-corrected chi connectivity index (χ2v) is 7.43. The van der Waals surface area contributed by atoms with Crippen LogP contribution in [0.25, 0.3) is 0 Å². The highest BCUT2D eigenvalue weighted by Gasteiger charge is 2.40. The summed E-state index contributed by atoms with van der Waals surface area (Å²) in [5.41, 5.74) is -0.0105. The number of benzene rings is 1. The molecular formula is C20H31ClFNO. The first-order valence-electron chi connectivity index (χ1n) is 9.38. The van der Waals surface area contributed by atoms with Crippen molar-refractivity contribution >= 4 is 12.4 Å². The van der Waals surface area contributed by atoms with E-state index in [2.05, 4.69) is 4.90 Å². The Labute approximate surface area is 151 Å². The number of aliphatic hydroxyl groups is 1. The molecule has 1 aromatic carbocycles. The maximum Gasteiger partial charge on any atom is 0.126 e. The van der Waals surface area contributed by atoms with Crippen LogP contribution in [0.4, 0.5) is 4.39 Å². The van der Waals surface area contributed by atoms with Gasteiger partial charge in [-0.1, -0.05) is 37.5 Å². The molecule has 1 N–H and O–H groups in total. The van der Waals surface area contributed by atoms with Crippen molar-refractivity contribution in [3.63, 3.8) is 0 Å². The summed E-state index contributed by atoms with van der Waals surface area (Å²) in [6.45, 7) is 3.48. The van der Waals surface area contributed by atoms with Gasteiger partial charge in [-0.2, -0.15) is 0 Å². The van der Waals surface area contributed by atoms with Crippen LogP contribution in [-0.2, 0) is 0 Å². The molecule has 2 nitrogen and oxygen atoms in total. The molecule has 0 aromatic heterocycles. The highest BCUT2D eigenvalue weighted by molar-refractivity contribution is 5.85. The molecule has 0 radical (unpaired) electrons. The molecule has 2 unspecified atom stereocenters. The zero-order chi connectivity index (χ0) is 16.1. The monoisotopic (exact) mass is 355 g/mol. The average molecular weight is 356 g/mol. The maximum absolute atomic E-state index is 14.2. The van der Waals surface area contributed by atoms with E-state index in [0.717, 1.165) is 45.1 Å². The van der Waals surface area contributed by atoms with E-state index < -0.39 is 5.60 Å². The molecule has 1 heterocycles. The van der Waals surface area contributed by atoms with Crippen LogP contribution in [0.2, 0.25) is 0 Å². The summed E-state index contributed by atoms with van der Waals surface area (Å²) < 4.78 is 14.2. The van der Waals surface area contributed by atoms with Crippen LogP contribution < -0.4 is 0 Å². The van der Waals surface area contributed by atoms with Crippen molar-refractivity contribution in [2.75, 3.05) is 19.6 Å². The Bertz CT molecular complexity index is 506. The highest BCUT2D eigenvalue weighted by atomic mass is 35.5. The van der Waals surface area contributed by atoms with Gasteiger partial charge in [0.1, 0.15) is 5.82 Å². The molecular weight excluding hydrogens is 325 g/mol. The predicted molar refractivity (Wildman–Crippen MR) is 99.3 cm³/mol. The number of piperidine rings is 1. The fourth-order valence-electron chi connectivity index (χ4n) is 4.52. The van der Waals surface area contributed by atoms with E-state index >= 15 is 0 Å². The number of nitrogens with zero attached hydrogens (tertiary/aromatic N) is 1. The summed E-state index contributed by atoms with van der Waals surface area (Å²) in [4.78, 5) is 2.52. The molecule has 0 amide bonds. The highest BCUT2D eigenvalue weighted by Crippen LogP contribution is 2.44. The van der Waals surface area contributed by atoms with E-state index in [-0.39, 0.29) is 24.1 Å². The van der Waals surface area contributed by atoms with Crippen LogP contribution in [0.5, 0.6) is 0 Å². The molecule has 1 aromatic rings. The summed E-state index contributed by atoms with van der Waals surface area (Å²) in [5, 5.41) is 11.3. The van der Waals surface area contributed by atoms with Crippen molar-refractivity contribution in [1.29, 1.82) is 0 Å². The minimum absolute atomic E-state index is 0. The topological polar surface area (TPSA) is 23.5 Å². The van der Waals surface area contributed by atoms with Gasteiger partial charge in [0, 0.05) is 5.92 Å². The van der Waals surface area contributed by atoms with Gasteiger partial charge in [0.2, 0.25) is 0 Å². The molecule has 3 rings (SSSR count). The SMILES string of the molecule is Cl.OC1(CCCN2CCCCC2)CCCCC1c1ccccc1F. The third-order valence-electron chi connectivity index (χ3n) is 5.81. The minimum Gasteiger partial charge on any atom is -0.389 e. The summed E-state index contributed by atoms with van der Waals surface area (Å²) in [6.07, 6.45) is 9.65. The van der Waals surface area contributed by atoms with Crippen LogP contribution >= 0.6 is 12.4 Å². The Morgan fingerprint density at radius 3 is 2.58 bits per heavy atom. The molecule has 4 heteroatoms. The lowest BCUT2D eigenvalue weighted by atomic mass is 9.70. The molecule has 2 aliphatic rings. The first-order chi connectivity index (χ1) is 11.2. The van der Waals surface area contributed by atoms with Crippen LogP contribution in [0, 0.1) is 5.82 Å². The number of likely N-dealkylation sites (tertiary alicyclic amines) is 1. The van der Waals surface area contributed by atoms with Gasteiger partial charge in [-0.3, -0.25) is 0 Å². The molecule has 1 aliphatic heterocycles. The summed E-state index contributed by atoms with van der Waals surface area (Å²) in [7, 11) is 0. The molecule has 1 saturated heterocycles. The largest absolute Gasteiger partial charge is 0.389 e. The van der Waals surface area contributed by atoms with Gasteiger partial charge in [-0.05, 0) is 69.8 Å². The number of hydrogen-bond acceptors (Lipinski definition) is 2. The second-order valence-electron chi connectivity index (χ2n) is 7.43. The molecule has 2 fully saturated rings. The zero-order valence-corrected chi connectivity index (χ0v) is 15.4. The van der Waals surface area contributed by atoms with Crippen LogP contribution in [0.15, 0.2) is 24.3 Å². The van der Waals surface area contributed by atoms with E-state index in [9.17, 15) is 9.50 Å². The predicted octanol–water partition coefficient (Wildman–Crippen LogP) is 4.90. The Morgan fingerprint density at radius 1 is 1.08 bits per heavy atom. The fraction of sp³-hybridized carbons (Fsp3) is 0.700. The van der Waals surface area contributed by atoms with Gasteiger partial charge < -0.3 is 10.0 Å². The van der Waals surface area contributed by atoms with Gasteiger partial charge in [-0.15, -0.1) is 12.4 Å². The lowest BCUT2D eigenvalue weighted by molar-refractivity contribution is -0.0287. The van der Waals surface area contributed by atoms with Gasteiger partial charge >= 0.3 is 0 Å². The Balaban J connectivity index is 0.00000208. The summed E-state index contributed by atoms with van der Waals surface area (Å²) in [5.74, 6) is -0.201. The molecule has 0 spiro atoms. The van der Waals surface area contributed by atoms with Crippen molar-refractivity contribution in [3.8, 4) is 0 Å². The van der Waals surface area contributed by atoms with E-state index in [1.807, 2.05) is 12.1 Å². The fourth-order valence-corrected chi connectivity index (χ4v) is 4.52. The number of rotatable bonds is 5. The van der Waals surface area contributed by atoms with Crippen molar-refractivity contribution in [1.82, 2.24) is 4.90 Å². The second kappa shape index (κ2) is 9.17. The third-order valence-corrected chi connectivity index (χ3v) is 5.81. The van der Waals surface area contributed by atoms with Gasteiger partial charge in [0.05, 0.1) is 5.60 Å². The standard InChI is InChI=1S/C20H30FNO.ClH/c21-19-11-3-2-9-17(19)18-10-4-5-12-20(18,23)13-8-16-22-14-6-1-7-15-22;/h2-3,9,11,18,23H,1,4-8,10,12-16H2;1H. The summed E-state index contributed by atoms with van der Waals surface area (Å²) >= 11 is 0. The maximum atomic E-state index is 14.2. The normalized spacial score (nSPS) is 28.3. The molecule has 2 atom stereocenters. The lowest BCUT2D eigenvalue weighted by Gasteiger charge is -2.41. The Hall–Kier alpha value is -0.640. The van der Waals surface area contributed by atoms with Crippen molar-refractivity contribution in [3.05, 3.63) is 35.6 Å². The number of hydrogen-bond donors (Lipinski definition) is 1. The van der Waals surface area contributed by atoms with Crippen molar-refractivity contribution < 1.29 is 9.50 Å². The van der Waals surface area contributed by atoms with Crippen LogP contribution in [0.3, 0.4) is 0 Å². The molecule has 0 bridgehead atoms. The molecule has 24 heavy (non-hydrogen) atoms. The Kier molecular flexibility index (Phi) is 7.52. The van der Waals surface area contributed by atoms with Gasteiger partial charge in [-0.25, -0.2) is 4.39 Å². The van der Waals surface area contributed by atoms with Crippen molar-refractivity contribution in [2.45, 2.75) is 69.3 Å². The lowest BCUT2D eigenvalue weighted by Crippen LogP contribution is -2.40. The van der Waals surface area contributed by atoms with Crippen LogP contribution in [0.1, 0.15) is 69.3 Å². The Morgan fingerprint density at radius 2 is 1.83 bits per heavy atom. The first-order valence-corrected chi connectivity index (χ1v) is 9.38. The van der Waals surface area contributed by atoms with E-state index in [1.54, 1.807) is 6.07 Å². The quantitative estimate of drug-likeness (QED) is 0.811. The van der Waals surface area contributed by atoms with E-state index in [4.69, 9.17) is 0 Å². The van der Waals surface area contributed by atoms with Gasteiger partial charge in [0.15, 0.2) is 0 Å². The summed E-state index contributed by atoms with van der Waals surface area (Å²) in [6, 6.07) is 7.01. The van der Waals surface area contributed by atoms with Gasteiger partial charge in [0.25, 0.3) is 0 Å². The molecule has 1 aliphatic carbocycles. The van der Waals surface area contributed by atoms with E-state index in [0.29, 0.717) is 5.56 Å². The van der Waals surface area contributed by atoms with Crippen molar-refractivity contribution in [2.24, 2.45) is 0 Å². The zero-order valence-electron chi connectivity index (χ0n) is 14.6. The number of halogens is 2. The van der Waals surface area contributed by atoms with E-state index in [1.165, 1.54) is 38.4 Å². The first kappa shape index (κ1) is 19.7. The third kappa shape index (κ3) is 4.71.